The van der Waals surface area contributed by atoms with Crippen LogP contribution in [0.15, 0.2) is 80.6 Å². The number of nitrogens with two attached hydrogens (primary N) is 1. The Bertz CT molecular complexity index is 939. The summed E-state index contributed by atoms with van der Waals surface area (Å²) in [6.07, 6.45) is 5.21. The fraction of sp³-hybridized carbons (Fsp3) is 0.385. The monoisotopic (exact) mass is 444 g/mol. The van der Waals surface area contributed by atoms with Crippen LogP contribution in [0.3, 0.4) is 0 Å². The second kappa shape index (κ2) is 8.23. The molecule has 2 aromatic carbocycles. The van der Waals surface area contributed by atoms with E-state index in [1.165, 1.54) is 47.9 Å². The van der Waals surface area contributed by atoms with E-state index in [4.69, 9.17) is 0 Å². The summed E-state index contributed by atoms with van der Waals surface area (Å²) in [5, 5.41) is 0. The molecule has 0 atom stereocenters. The van der Waals surface area contributed by atoms with Crippen LogP contribution in [0.4, 0.5) is 0 Å². The molecule has 157 valence electrons. The molecule has 0 spiro atoms. The molecule has 0 aromatic heterocycles. The molecule has 0 heterocycles. The fourth-order valence-corrected chi connectivity index (χ4v) is 12.8. The van der Waals surface area contributed by atoms with Gasteiger partial charge in [0, 0.05) is 4.75 Å². The summed E-state index contributed by atoms with van der Waals surface area (Å²) in [7, 11) is -2.62. The topological polar surface area (TPSA) is 26.0 Å². The minimum absolute atomic E-state index is 0.0258. The van der Waals surface area contributed by atoms with Gasteiger partial charge in [0.05, 0.1) is 0 Å². The molecular formula is C26H38NSTi. The Morgan fingerprint density at radius 1 is 0.690 bits per heavy atom. The normalized spacial score (nSPS) is 17.5. The zero-order chi connectivity index (χ0) is 22.2. The summed E-state index contributed by atoms with van der Waals surface area (Å²) in [6, 6.07) is 18.1. The number of hydrogen-bond donors (Lipinski definition) is 2. The van der Waals surface area contributed by atoms with Gasteiger partial charge in [-0.15, -0.1) is 0 Å². The van der Waals surface area contributed by atoms with E-state index in [0.717, 1.165) is 0 Å². The van der Waals surface area contributed by atoms with E-state index in [1.807, 2.05) is 0 Å². The SMILES string of the molecule is CC1=C(C)C(C)([SH](C)(C)(c2ccccc2)c2c(C)cccc2C)C(C)=C1C.[NH2][Ti]. The first-order valence-electron chi connectivity index (χ1n) is 10.3. The summed E-state index contributed by atoms with van der Waals surface area (Å²) in [4.78, 5) is 3.09. The van der Waals surface area contributed by atoms with Crippen molar-refractivity contribution in [3.05, 3.63) is 82.0 Å². The molecule has 0 unspecified atom stereocenters. The van der Waals surface area contributed by atoms with Gasteiger partial charge in [-0.1, -0.05) is 59.7 Å². The van der Waals surface area contributed by atoms with Crippen molar-refractivity contribution in [2.24, 2.45) is 4.22 Å². The van der Waals surface area contributed by atoms with Gasteiger partial charge in [-0.05, 0) is 93.0 Å². The van der Waals surface area contributed by atoms with E-state index in [-0.39, 0.29) is 4.75 Å². The molecule has 2 N–H and O–H groups in total. The molecule has 2 aromatic rings. The van der Waals surface area contributed by atoms with Crippen LogP contribution in [-0.2, 0) is 20.7 Å². The first-order chi connectivity index (χ1) is 13.5. The summed E-state index contributed by atoms with van der Waals surface area (Å²) in [5.74, 6) is 0. The third-order valence-electron chi connectivity index (χ3n) is 8.13. The minimum atomic E-state index is -2.62. The average molecular weight is 445 g/mol. The Hall–Kier alpha value is -1.06. The summed E-state index contributed by atoms with van der Waals surface area (Å²) in [6.45, 7) is 16.5. The maximum atomic E-state index is 4.50. The van der Waals surface area contributed by atoms with Crippen molar-refractivity contribution in [1.82, 2.24) is 0 Å². The van der Waals surface area contributed by atoms with Crippen molar-refractivity contribution in [2.75, 3.05) is 12.5 Å². The van der Waals surface area contributed by atoms with E-state index in [2.05, 4.69) is 114 Å². The second-order valence-electron chi connectivity index (χ2n) is 9.27. The van der Waals surface area contributed by atoms with Crippen molar-refractivity contribution >= 4 is 9.16 Å². The molecular weight excluding hydrogens is 406 g/mol. The van der Waals surface area contributed by atoms with E-state index >= 15 is 0 Å². The standard InChI is InChI=1S/C26H36S.H2N.Ti/c1-18-14-13-15-19(2)25(18)27(8,9,24-16-11-10-12-17-24)26(7)22(5)20(3)21(4)23(26)6;;/h10-17,27H,1-9H3;1H2;/q;-1;+1. The first kappa shape index (κ1) is 24.2. The van der Waals surface area contributed by atoms with Crippen LogP contribution in [0.1, 0.15) is 45.7 Å². The molecule has 1 nitrogen and oxygen atoms in total. The molecule has 0 radical (unpaired) electrons. The van der Waals surface area contributed by atoms with E-state index in [0.29, 0.717) is 0 Å². The third kappa shape index (κ3) is 3.15. The van der Waals surface area contributed by atoms with Crippen LogP contribution >= 0.6 is 9.16 Å². The van der Waals surface area contributed by atoms with Gasteiger partial charge in [0.2, 0.25) is 0 Å². The van der Waals surface area contributed by atoms with E-state index in [9.17, 15) is 0 Å². The van der Waals surface area contributed by atoms with Crippen LogP contribution in [0.2, 0.25) is 0 Å². The van der Waals surface area contributed by atoms with Crippen LogP contribution < -0.4 is 4.22 Å². The molecule has 3 rings (SSSR count). The molecule has 0 saturated heterocycles. The van der Waals surface area contributed by atoms with Crippen LogP contribution in [-0.4, -0.2) is 17.3 Å². The molecule has 0 fully saturated rings. The van der Waals surface area contributed by atoms with Crippen molar-refractivity contribution in [2.45, 2.75) is 63.0 Å². The van der Waals surface area contributed by atoms with E-state index < -0.39 is 9.16 Å². The van der Waals surface area contributed by atoms with Crippen LogP contribution in [0.5, 0.6) is 0 Å². The number of benzene rings is 2. The van der Waals surface area contributed by atoms with Crippen LogP contribution in [0, 0.1) is 13.8 Å². The predicted molar refractivity (Wildman–Crippen MR) is 129 cm³/mol. The Kier molecular flexibility index (Phi) is 6.87. The van der Waals surface area contributed by atoms with Gasteiger partial charge in [-0.3, -0.25) is 0 Å². The van der Waals surface area contributed by atoms with Gasteiger partial charge in [-0.2, -0.15) is 0 Å². The number of thiol groups is 1. The second-order valence-corrected chi connectivity index (χ2v) is 15.4. The number of rotatable bonds is 3. The number of allylic oxidation sites excluding steroid dienone is 2. The van der Waals surface area contributed by atoms with Gasteiger partial charge < -0.3 is 0 Å². The zero-order valence-corrected chi connectivity index (χ0v) is 22.1. The summed E-state index contributed by atoms with van der Waals surface area (Å²) in [5.41, 5.74) is 8.90. The fourth-order valence-electron chi connectivity index (χ4n) is 5.93. The Morgan fingerprint density at radius 2 is 1.10 bits per heavy atom. The molecule has 0 aliphatic heterocycles. The van der Waals surface area contributed by atoms with Crippen molar-refractivity contribution < 1.29 is 20.7 Å². The van der Waals surface area contributed by atoms with Gasteiger partial charge in [0.15, 0.2) is 0 Å². The quantitative estimate of drug-likeness (QED) is 0.391. The molecule has 0 bridgehead atoms. The predicted octanol–water partition coefficient (Wildman–Crippen LogP) is 6.91. The molecule has 0 amide bonds. The van der Waals surface area contributed by atoms with E-state index in [1.54, 1.807) is 16.0 Å². The Labute approximate surface area is 190 Å². The van der Waals surface area contributed by atoms with Crippen molar-refractivity contribution in [1.29, 1.82) is 0 Å². The molecule has 1 aliphatic carbocycles. The third-order valence-corrected chi connectivity index (χ3v) is 15.4. The zero-order valence-electron chi connectivity index (χ0n) is 19.6. The molecule has 1 aliphatic rings. The first-order valence-corrected chi connectivity index (χ1v) is 14.3. The molecule has 29 heavy (non-hydrogen) atoms. The van der Waals surface area contributed by atoms with Crippen LogP contribution in [0.25, 0.3) is 0 Å². The van der Waals surface area contributed by atoms with Crippen molar-refractivity contribution in [3.8, 4) is 0 Å². The van der Waals surface area contributed by atoms with Crippen molar-refractivity contribution in [3.63, 3.8) is 0 Å². The number of aryl methyl sites for hydroxylation is 2. The Morgan fingerprint density at radius 3 is 1.52 bits per heavy atom. The van der Waals surface area contributed by atoms with Gasteiger partial charge in [-0.25, -0.2) is 9.16 Å². The molecule has 0 saturated carbocycles. The summed E-state index contributed by atoms with van der Waals surface area (Å²) >= 11 is 1.50. The average Bonchev–Trinajstić information content (AvgIpc) is 2.86. The summed E-state index contributed by atoms with van der Waals surface area (Å²) < 4.78 is 4.53. The van der Waals surface area contributed by atoms with Gasteiger partial charge in [0.25, 0.3) is 0 Å². The van der Waals surface area contributed by atoms with Gasteiger partial charge in [0.1, 0.15) is 0 Å². The number of hydrogen-bond acceptors (Lipinski definition) is 1. The van der Waals surface area contributed by atoms with Gasteiger partial charge >= 0.3 is 24.9 Å². The Balaban J connectivity index is 0.00000145. The maximum absolute atomic E-state index is 4.50. The molecule has 3 heteroatoms.